The second-order valence-corrected chi connectivity index (χ2v) is 5.96. The zero-order valence-electron chi connectivity index (χ0n) is 10.4. The minimum absolute atomic E-state index is 0.0326. The summed E-state index contributed by atoms with van der Waals surface area (Å²) in [6.07, 6.45) is 0. The summed E-state index contributed by atoms with van der Waals surface area (Å²) in [5, 5.41) is 7.33. The number of amidine groups is 1. The van der Waals surface area contributed by atoms with Crippen LogP contribution in [-0.4, -0.2) is 38.2 Å². The molecule has 0 aromatic rings. The molecule has 16 heavy (non-hydrogen) atoms. The van der Waals surface area contributed by atoms with Crippen LogP contribution in [0.5, 0.6) is 0 Å². The normalized spacial score (nSPS) is 13.1. The van der Waals surface area contributed by atoms with Gasteiger partial charge in [0, 0.05) is 25.0 Å². The number of hydrogen-bond acceptors (Lipinski definition) is 3. The molecule has 0 aromatic carbocycles. The van der Waals surface area contributed by atoms with Gasteiger partial charge in [-0.2, -0.15) is 12.7 Å². The number of nitrogens with one attached hydrogen (secondary N) is 2. The van der Waals surface area contributed by atoms with Gasteiger partial charge in [0.25, 0.3) is 10.2 Å². The van der Waals surface area contributed by atoms with E-state index in [4.69, 9.17) is 11.1 Å². The minimum Gasteiger partial charge on any atom is -0.387 e. The Kier molecular flexibility index (Phi) is 5.37. The van der Waals surface area contributed by atoms with Crippen LogP contribution < -0.4 is 10.5 Å². The highest BCUT2D eigenvalue weighted by molar-refractivity contribution is 7.87. The first-order chi connectivity index (χ1) is 7.17. The lowest BCUT2D eigenvalue weighted by Crippen LogP contribution is -2.47. The van der Waals surface area contributed by atoms with E-state index in [0.29, 0.717) is 13.1 Å². The molecule has 0 saturated carbocycles. The van der Waals surface area contributed by atoms with Gasteiger partial charge in [0.2, 0.25) is 0 Å². The fourth-order valence-electron chi connectivity index (χ4n) is 1.02. The monoisotopic (exact) mass is 250 g/mol. The maximum absolute atomic E-state index is 11.8. The number of hydrogen-bond donors (Lipinski definition) is 3. The first-order valence-electron chi connectivity index (χ1n) is 5.26. The second kappa shape index (κ2) is 5.60. The Morgan fingerprint density at radius 1 is 1.38 bits per heavy atom. The first-order valence-corrected chi connectivity index (χ1v) is 6.70. The number of rotatable bonds is 7. The fraction of sp³-hybridized carbons (Fsp3) is 0.889. The Labute approximate surface area is 97.9 Å². The molecule has 0 rings (SSSR count). The van der Waals surface area contributed by atoms with Gasteiger partial charge in [0.05, 0.1) is 5.84 Å². The summed E-state index contributed by atoms with van der Waals surface area (Å²) >= 11 is 0. The van der Waals surface area contributed by atoms with E-state index in [0.717, 1.165) is 0 Å². The Bertz CT molecular complexity index is 333. The Hall–Kier alpha value is -0.660. The highest BCUT2D eigenvalue weighted by atomic mass is 32.2. The van der Waals surface area contributed by atoms with E-state index >= 15 is 0 Å². The van der Waals surface area contributed by atoms with Crippen LogP contribution >= 0.6 is 0 Å². The summed E-state index contributed by atoms with van der Waals surface area (Å²) in [6, 6.07) is 0. The minimum atomic E-state index is -3.46. The van der Waals surface area contributed by atoms with Crippen molar-refractivity contribution in [2.24, 2.45) is 11.1 Å². The summed E-state index contributed by atoms with van der Waals surface area (Å²) in [6.45, 7) is 7.97. The van der Waals surface area contributed by atoms with Crippen LogP contribution in [0.15, 0.2) is 0 Å². The SMILES string of the molecule is CCN(CC)S(=O)(=O)NCC(C)(C)C(=N)N. The van der Waals surface area contributed by atoms with Gasteiger partial charge < -0.3 is 5.73 Å². The Morgan fingerprint density at radius 3 is 2.12 bits per heavy atom. The van der Waals surface area contributed by atoms with Gasteiger partial charge in [0.15, 0.2) is 0 Å². The highest BCUT2D eigenvalue weighted by Gasteiger charge is 2.26. The summed E-state index contributed by atoms with van der Waals surface area (Å²) in [5.41, 5.74) is 4.71. The van der Waals surface area contributed by atoms with Crippen LogP contribution in [-0.2, 0) is 10.2 Å². The van der Waals surface area contributed by atoms with Gasteiger partial charge >= 0.3 is 0 Å². The van der Waals surface area contributed by atoms with Crippen LogP contribution in [0.4, 0.5) is 0 Å². The van der Waals surface area contributed by atoms with Crippen molar-refractivity contribution in [3.05, 3.63) is 0 Å². The molecule has 0 aliphatic rings. The molecule has 0 aliphatic carbocycles. The highest BCUT2D eigenvalue weighted by Crippen LogP contribution is 2.13. The van der Waals surface area contributed by atoms with Crippen LogP contribution in [0.2, 0.25) is 0 Å². The maximum Gasteiger partial charge on any atom is 0.279 e. The quantitative estimate of drug-likeness (QED) is 0.442. The molecule has 0 aliphatic heterocycles. The third-order valence-electron chi connectivity index (χ3n) is 2.47. The summed E-state index contributed by atoms with van der Waals surface area (Å²) in [7, 11) is -3.46. The lowest BCUT2D eigenvalue weighted by molar-refractivity contribution is 0.420. The van der Waals surface area contributed by atoms with Crippen LogP contribution in [0.1, 0.15) is 27.7 Å². The van der Waals surface area contributed by atoms with Crippen molar-refractivity contribution in [1.82, 2.24) is 9.03 Å². The predicted octanol–water partition coefficient (Wildman–Crippen LogP) is 0.125. The van der Waals surface area contributed by atoms with Crippen molar-refractivity contribution in [2.45, 2.75) is 27.7 Å². The zero-order valence-corrected chi connectivity index (χ0v) is 11.2. The molecule has 0 atom stereocenters. The van der Waals surface area contributed by atoms with Crippen LogP contribution in [0.3, 0.4) is 0 Å². The third kappa shape index (κ3) is 4.07. The molecular formula is C9H22N4O2S. The number of nitrogens with two attached hydrogens (primary N) is 1. The molecule has 0 saturated heterocycles. The van der Waals surface area contributed by atoms with E-state index < -0.39 is 15.6 Å². The molecule has 6 nitrogen and oxygen atoms in total. The first kappa shape index (κ1) is 15.3. The van der Waals surface area contributed by atoms with Crippen molar-refractivity contribution in [3.63, 3.8) is 0 Å². The fourth-order valence-corrected chi connectivity index (χ4v) is 2.43. The smallest absolute Gasteiger partial charge is 0.279 e. The van der Waals surface area contributed by atoms with Gasteiger partial charge in [-0.3, -0.25) is 5.41 Å². The third-order valence-corrected chi connectivity index (χ3v) is 4.18. The van der Waals surface area contributed by atoms with E-state index in [1.165, 1.54) is 4.31 Å². The molecular weight excluding hydrogens is 228 g/mol. The summed E-state index contributed by atoms with van der Waals surface area (Å²) < 4.78 is 27.3. The average Bonchev–Trinajstić information content (AvgIpc) is 2.16. The second-order valence-electron chi connectivity index (χ2n) is 4.21. The predicted molar refractivity (Wildman–Crippen MR) is 65.5 cm³/mol. The largest absolute Gasteiger partial charge is 0.387 e. The van der Waals surface area contributed by atoms with Gasteiger partial charge in [-0.25, -0.2) is 4.72 Å². The van der Waals surface area contributed by atoms with Crippen molar-refractivity contribution < 1.29 is 8.42 Å². The molecule has 0 spiro atoms. The van der Waals surface area contributed by atoms with E-state index in [2.05, 4.69) is 4.72 Å². The van der Waals surface area contributed by atoms with Crippen molar-refractivity contribution in [3.8, 4) is 0 Å². The summed E-state index contributed by atoms with van der Waals surface area (Å²) in [5.74, 6) is -0.0326. The van der Waals surface area contributed by atoms with Gasteiger partial charge in [-0.05, 0) is 0 Å². The molecule has 0 heterocycles. The molecule has 0 aromatic heterocycles. The molecule has 0 amide bonds. The van der Waals surface area contributed by atoms with Gasteiger partial charge in [-0.1, -0.05) is 27.7 Å². The lowest BCUT2D eigenvalue weighted by atomic mass is 9.93. The van der Waals surface area contributed by atoms with E-state index in [-0.39, 0.29) is 12.4 Å². The zero-order chi connectivity index (χ0) is 13.0. The Morgan fingerprint density at radius 2 is 1.81 bits per heavy atom. The van der Waals surface area contributed by atoms with Crippen LogP contribution in [0, 0.1) is 10.8 Å². The van der Waals surface area contributed by atoms with Gasteiger partial charge in [-0.15, -0.1) is 0 Å². The molecule has 0 radical (unpaired) electrons. The van der Waals surface area contributed by atoms with E-state index in [9.17, 15) is 8.42 Å². The summed E-state index contributed by atoms with van der Waals surface area (Å²) in [4.78, 5) is 0. The average molecular weight is 250 g/mol. The van der Waals surface area contributed by atoms with E-state index in [1.54, 1.807) is 27.7 Å². The Balaban J connectivity index is 4.57. The van der Waals surface area contributed by atoms with Crippen molar-refractivity contribution >= 4 is 16.0 Å². The molecule has 0 fully saturated rings. The van der Waals surface area contributed by atoms with Crippen molar-refractivity contribution in [1.29, 1.82) is 5.41 Å². The topological polar surface area (TPSA) is 99.3 Å². The standard InChI is InChI=1S/C9H22N4O2S/c1-5-13(6-2)16(14,15)12-7-9(3,4)8(10)11/h12H,5-7H2,1-4H3,(H3,10,11). The van der Waals surface area contributed by atoms with Crippen molar-refractivity contribution in [2.75, 3.05) is 19.6 Å². The molecule has 0 bridgehead atoms. The van der Waals surface area contributed by atoms with Gasteiger partial charge in [0.1, 0.15) is 0 Å². The van der Waals surface area contributed by atoms with E-state index in [1.807, 2.05) is 0 Å². The van der Waals surface area contributed by atoms with Crippen LogP contribution in [0.25, 0.3) is 0 Å². The molecule has 4 N–H and O–H groups in total. The lowest BCUT2D eigenvalue weighted by Gasteiger charge is -2.25. The molecule has 96 valence electrons. The number of nitrogens with zero attached hydrogens (tertiary/aromatic N) is 1. The molecule has 7 heteroatoms. The maximum atomic E-state index is 11.8. The molecule has 0 unspecified atom stereocenters.